The molecule has 4 rings (SSSR count). The van der Waals surface area contributed by atoms with Crippen molar-refractivity contribution >= 4 is 40.4 Å². The summed E-state index contributed by atoms with van der Waals surface area (Å²) in [5.74, 6) is -0.951. The van der Waals surface area contributed by atoms with Gasteiger partial charge in [0.15, 0.2) is 17.1 Å². The quantitative estimate of drug-likeness (QED) is 0.245. The Morgan fingerprint density at radius 2 is 1.78 bits per heavy atom. The van der Waals surface area contributed by atoms with Crippen molar-refractivity contribution in [1.82, 2.24) is 4.98 Å². The Hall–Kier alpha value is -4.53. The number of benzene rings is 3. The lowest BCUT2D eigenvalue weighted by atomic mass is 9.97. The highest BCUT2D eigenvalue weighted by molar-refractivity contribution is 5.93. The number of fused-ring (bicyclic) bond motifs is 1. The molecule has 9 heteroatoms. The monoisotopic (exact) mass is 503 g/mol. The Morgan fingerprint density at radius 3 is 2.51 bits per heavy atom. The molecule has 3 aromatic carbocycles. The van der Waals surface area contributed by atoms with Gasteiger partial charge < -0.3 is 29.6 Å². The van der Waals surface area contributed by atoms with Gasteiger partial charge in [-0.15, -0.1) is 0 Å². The van der Waals surface area contributed by atoms with Gasteiger partial charge in [0.2, 0.25) is 5.91 Å². The molecule has 37 heavy (non-hydrogen) atoms. The molecule has 0 fully saturated rings. The van der Waals surface area contributed by atoms with Crippen LogP contribution in [-0.4, -0.2) is 35.7 Å². The molecule has 0 saturated carbocycles. The number of nitrogens with zero attached hydrogens (tertiary/aromatic N) is 1. The molecular formula is C28H29N3O6. The van der Waals surface area contributed by atoms with Gasteiger partial charge in [0.1, 0.15) is 5.52 Å². The Labute approximate surface area is 214 Å². The van der Waals surface area contributed by atoms with E-state index in [9.17, 15) is 14.7 Å². The number of ether oxygens (including phenoxy) is 2. The summed E-state index contributed by atoms with van der Waals surface area (Å²) in [5, 5.41) is 15.2. The van der Waals surface area contributed by atoms with Gasteiger partial charge in [0, 0.05) is 23.4 Å². The van der Waals surface area contributed by atoms with Gasteiger partial charge in [-0.05, 0) is 42.0 Å². The Bertz CT molecular complexity index is 1390. The van der Waals surface area contributed by atoms with Gasteiger partial charge in [-0.3, -0.25) is 9.59 Å². The first kappa shape index (κ1) is 25.6. The summed E-state index contributed by atoms with van der Waals surface area (Å²) in [5.41, 5.74) is 3.44. The van der Waals surface area contributed by atoms with Gasteiger partial charge in [-0.25, -0.2) is 0 Å². The average molecular weight is 504 g/mol. The molecule has 0 saturated heterocycles. The summed E-state index contributed by atoms with van der Waals surface area (Å²) in [6, 6.07) is 20.5. The number of amides is 1. The van der Waals surface area contributed by atoms with Crippen molar-refractivity contribution in [2.45, 2.75) is 20.3 Å². The second-order valence-corrected chi connectivity index (χ2v) is 8.82. The fourth-order valence-electron chi connectivity index (χ4n) is 3.64. The van der Waals surface area contributed by atoms with E-state index < -0.39 is 11.9 Å². The SMILES string of the molecule is COc1ccc(NC(=O)Cc2ccc3nc(Nc4ccccc4)oc3c2)cc1OCC(C)C(C)C(=O)O. The van der Waals surface area contributed by atoms with E-state index in [1.165, 1.54) is 7.11 Å². The third kappa shape index (κ3) is 6.58. The average Bonchev–Trinajstić information content (AvgIpc) is 3.28. The van der Waals surface area contributed by atoms with Gasteiger partial charge in [0.05, 0.1) is 26.1 Å². The molecule has 0 aliphatic carbocycles. The summed E-state index contributed by atoms with van der Waals surface area (Å²) < 4.78 is 17.0. The van der Waals surface area contributed by atoms with Gasteiger partial charge in [-0.1, -0.05) is 38.1 Å². The predicted octanol–water partition coefficient (Wildman–Crippen LogP) is 5.50. The van der Waals surface area contributed by atoms with Crippen LogP contribution in [0.3, 0.4) is 0 Å². The first-order chi connectivity index (χ1) is 17.8. The van der Waals surface area contributed by atoms with Crippen molar-refractivity contribution < 1.29 is 28.6 Å². The number of para-hydroxylation sites is 1. The topological polar surface area (TPSA) is 123 Å². The molecule has 2 atom stereocenters. The molecule has 1 heterocycles. The molecule has 1 amide bonds. The molecule has 2 unspecified atom stereocenters. The number of anilines is 3. The maximum absolute atomic E-state index is 12.8. The second kappa shape index (κ2) is 11.5. The van der Waals surface area contributed by atoms with Crippen LogP contribution in [0.4, 0.5) is 17.4 Å². The van der Waals surface area contributed by atoms with E-state index in [1.807, 2.05) is 49.4 Å². The molecule has 0 bridgehead atoms. The number of hydrogen-bond acceptors (Lipinski definition) is 7. The van der Waals surface area contributed by atoms with Crippen LogP contribution in [0.15, 0.2) is 71.1 Å². The molecule has 4 aromatic rings. The number of nitrogens with one attached hydrogen (secondary N) is 2. The van der Waals surface area contributed by atoms with Crippen molar-refractivity contribution in [2.75, 3.05) is 24.4 Å². The van der Waals surface area contributed by atoms with E-state index in [4.69, 9.17) is 13.9 Å². The summed E-state index contributed by atoms with van der Waals surface area (Å²) in [4.78, 5) is 28.4. The fourth-order valence-corrected chi connectivity index (χ4v) is 3.64. The molecule has 0 spiro atoms. The molecule has 9 nitrogen and oxygen atoms in total. The number of carbonyl (C=O) groups is 2. The number of carboxylic acids is 1. The van der Waals surface area contributed by atoms with E-state index in [-0.39, 0.29) is 24.9 Å². The summed E-state index contributed by atoms with van der Waals surface area (Å²) in [6.07, 6.45) is 0.132. The van der Waals surface area contributed by atoms with E-state index in [1.54, 1.807) is 31.2 Å². The largest absolute Gasteiger partial charge is 0.493 e. The molecule has 1 aromatic heterocycles. The number of aromatic nitrogens is 1. The number of carbonyl (C=O) groups excluding carboxylic acids is 1. The minimum atomic E-state index is -0.878. The molecule has 192 valence electrons. The van der Waals surface area contributed by atoms with Crippen LogP contribution < -0.4 is 20.1 Å². The van der Waals surface area contributed by atoms with Gasteiger partial charge in [0.25, 0.3) is 6.01 Å². The molecular weight excluding hydrogens is 474 g/mol. The van der Waals surface area contributed by atoms with Crippen LogP contribution in [0.5, 0.6) is 11.5 Å². The van der Waals surface area contributed by atoms with Crippen molar-refractivity contribution in [1.29, 1.82) is 0 Å². The Kier molecular flexibility index (Phi) is 7.92. The summed E-state index contributed by atoms with van der Waals surface area (Å²) in [7, 11) is 1.52. The Morgan fingerprint density at radius 1 is 1.00 bits per heavy atom. The normalized spacial score (nSPS) is 12.5. The predicted molar refractivity (Wildman–Crippen MR) is 141 cm³/mol. The van der Waals surface area contributed by atoms with Crippen LogP contribution in [-0.2, 0) is 16.0 Å². The number of hydrogen-bond donors (Lipinski definition) is 3. The van der Waals surface area contributed by atoms with E-state index >= 15 is 0 Å². The third-order valence-electron chi connectivity index (χ3n) is 6.03. The third-order valence-corrected chi connectivity index (χ3v) is 6.03. The van der Waals surface area contributed by atoms with Gasteiger partial charge >= 0.3 is 5.97 Å². The maximum atomic E-state index is 12.8. The lowest BCUT2D eigenvalue weighted by molar-refractivity contribution is -0.143. The summed E-state index contributed by atoms with van der Waals surface area (Å²) >= 11 is 0. The fraction of sp³-hybridized carbons (Fsp3) is 0.250. The lowest BCUT2D eigenvalue weighted by Gasteiger charge is -2.18. The van der Waals surface area contributed by atoms with Crippen molar-refractivity contribution in [3.05, 3.63) is 72.3 Å². The van der Waals surface area contributed by atoms with Crippen molar-refractivity contribution in [3.8, 4) is 11.5 Å². The highest BCUT2D eigenvalue weighted by Gasteiger charge is 2.20. The maximum Gasteiger partial charge on any atom is 0.306 e. The van der Waals surface area contributed by atoms with Crippen LogP contribution in [0.1, 0.15) is 19.4 Å². The highest BCUT2D eigenvalue weighted by atomic mass is 16.5. The minimum absolute atomic E-state index is 0.132. The summed E-state index contributed by atoms with van der Waals surface area (Å²) in [6.45, 7) is 3.64. The zero-order chi connectivity index (χ0) is 26.4. The molecule has 3 N–H and O–H groups in total. The Balaban J connectivity index is 1.40. The number of carboxylic acid groups (broad SMARTS) is 1. The van der Waals surface area contributed by atoms with Crippen molar-refractivity contribution in [3.63, 3.8) is 0 Å². The van der Waals surface area contributed by atoms with Crippen molar-refractivity contribution in [2.24, 2.45) is 11.8 Å². The smallest absolute Gasteiger partial charge is 0.306 e. The first-order valence-corrected chi connectivity index (χ1v) is 11.9. The number of rotatable bonds is 11. The van der Waals surface area contributed by atoms with E-state index in [2.05, 4.69) is 15.6 Å². The van der Waals surface area contributed by atoms with Crippen LogP contribution >= 0.6 is 0 Å². The van der Waals surface area contributed by atoms with Crippen LogP contribution in [0, 0.1) is 11.8 Å². The zero-order valence-corrected chi connectivity index (χ0v) is 20.9. The minimum Gasteiger partial charge on any atom is -0.493 e. The second-order valence-electron chi connectivity index (χ2n) is 8.82. The van der Waals surface area contributed by atoms with Crippen LogP contribution in [0.25, 0.3) is 11.1 Å². The molecule has 0 aliphatic rings. The molecule has 0 radical (unpaired) electrons. The molecule has 0 aliphatic heterocycles. The lowest BCUT2D eigenvalue weighted by Crippen LogP contribution is -2.23. The zero-order valence-electron chi connectivity index (χ0n) is 20.9. The van der Waals surface area contributed by atoms with E-state index in [0.717, 1.165) is 11.3 Å². The highest BCUT2D eigenvalue weighted by Crippen LogP contribution is 2.31. The standard InChI is InChI=1S/C28H29N3O6/c1-17(18(2)27(33)34)16-36-25-15-21(10-12-23(25)35-3)29-26(32)14-19-9-11-22-24(13-19)37-28(31-22)30-20-7-5-4-6-8-20/h4-13,15,17-18H,14,16H2,1-3H3,(H,29,32)(H,30,31)(H,33,34). The van der Waals surface area contributed by atoms with Gasteiger partial charge in [-0.2, -0.15) is 4.98 Å². The number of methoxy groups -OCH3 is 1. The van der Waals surface area contributed by atoms with Crippen LogP contribution in [0.2, 0.25) is 0 Å². The first-order valence-electron chi connectivity index (χ1n) is 11.9. The number of oxazole rings is 1. The number of aliphatic carboxylic acids is 1. The van der Waals surface area contributed by atoms with E-state index in [0.29, 0.717) is 34.3 Å².